The third-order valence-corrected chi connectivity index (χ3v) is 4.90. The molecule has 0 amide bonds. The van der Waals surface area contributed by atoms with Crippen molar-refractivity contribution in [3.8, 4) is 0 Å². The highest BCUT2D eigenvalue weighted by Gasteiger charge is 2.14. The fraction of sp³-hybridized carbons (Fsp3) is 0.250. The van der Waals surface area contributed by atoms with E-state index in [4.69, 9.17) is 0 Å². The summed E-state index contributed by atoms with van der Waals surface area (Å²) in [5.41, 5.74) is 0. The minimum absolute atomic E-state index is 0.145. The molecular formula is C12H14FN3O2S2. The van der Waals surface area contributed by atoms with Crippen molar-refractivity contribution in [2.75, 3.05) is 12.3 Å². The van der Waals surface area contributed by atoms with Crippen molar-refractivity contribution in [1.29, 1.82) is 0 Å². The van der Waals surface area contributed by atoms with Crippen molar-refractivity contribution in [3.63, 3.8) is 0 Å². The van der Waals surface area contributed by atoms with Gasteiger partial charge < -0.3 is 0 Å². The van der Waals surface area contributed by atoms with Gasteiger partial charge in [-0.3, -0.25) is 4.68 Å². The minimum atomic E-state index is -3.51. The third-order valence-electron chi connectivity index (χ3n) is 2.47. The number of benzene rings is 1. The van der Waals surface area contributed by atoms with Gasteiger partial charge in [-0.25, -0.2) is 17.5 Å². The van der Waals surface area contributed by atoms with E-state index in [0.29, 0.717) is 12.3 Å². The molecule has 0 saturated carbocycles. The van der Waals surface area contributed by atoms with E-state index >= 15 is 0 Å². The van der Waals surface area contributed by atoms with Gasteiger partial charge in [0.25, 0.3) is 0 Å². The highest BCUT2D eigenvalue weighted by Crippen LogP contribution is 2.17. The SMILES string of the molecule is Cn1cc(S(=O)(=O)NCCSc2ccc(F)cc2)cn1. The largest absolute Gasteiger partial charge is 0.274 e. The summed E-state index contributed by atoms with van der Waals surface area (Å²) in [6, 6.07) is 6.08. The number of aromatic nitrogens is 2. The van der Waals surface area contributed by atoms with Crippen LogP contribution >= 0.6 is 11.8 Å². The Kier molecular flexibility index (Phi) is 4.79. The molecule has 20 heavy (non-hydrogen) atoms. The Morgan fingerprint density at radius 1 is 1.35 bits per heavy atom. The fourth-order valence-electron chi connectivity index (χ4n) is 1.50. The van der Waals surface area contributed by atoms with Crippen LogP contribution < -0.4 is 4.72 Å². The van der Waals surface area contributed by atoms with E-state index < -0.39 is 10.0 Å². The number of rotatable bonds is 6. The van der Waals surface area contributed by atoms with E-state index in [1.807, 2.05) is 0 Å². The lowest BCUT2D eigenvalue weighted by Gasteiger charge is -2.04. The van der Waals surface area contributed by atoms with Gasteiger partial charge in [-0.1, -0.05) is 0 Å². The highest BCUT2D eigenvalue weighted by atomic mass is 32.2. The Hall–Kier alpha value is -1.38. The van der Waals surface area contributed by atoms with Crippen LogP contribution in [0.15, 0.2) is 46.5 Å². The summed E-state index contributed by atoms with van der Waals surface area (Å²) >= 11 is 1.46. The molecule has 0 bridgehead atoms. The van der Waals surface area contributed by atoms with Gasteiger partial charge in [-0.2, -0.15) is 5.10 Å². The topological polar surface area (TPSA) is 64.0 Å². The number of thioether (sulfide) groups is 1. The molecule has 0 aliphatic heterocycles. The number of hydrogen-bond donors (Lipinski definition) is 1. The average molecular weight is 315 g/mol. The second-order valence-electron chi connectivity index (χ2n) is 4.05. The van der Waals surface area contributed by atoms with E-state index in [2.05, 4.69) is 9.82 Å². The Labute approximate surface area is 121 Å². The fourth-order valence-corrected chi connectivity index (χ4v) is 3.41. The molecule has 0 aliphatic carbocycles. The molecule has 0 unspecified atom stereocenters. The minimum Gasteiger partial charge on any atom is -0.274 e. The van der Waals surface area contributed by atoms with Gasteiger partial charge in [-0.15, -0.1) is 11.8 Å². The second kappa shape index (κ2) is 6.38. The molecule has 0 aliphatic rings. The number of sulfonamides is 1. The maximum atomic E-state index is 12.7. The summed E-state index contributed by atoms with van der Waals surface area (Å²) < 4.78 is 40.4. The molecule has 1 heterocycles. The number of nitrogens with one attached hydrogen (secondary N) is 1. The third kappa shape index (κ3) is 4.06. The summed E-state index contributed by atoms with van der Waals surface area (Å²) in [6.45, 7) is 0.291. The number of aryl methyl sites for hydroxylation is 1. The van der Waals surface area contributed by atoms with Crippen LogP contribution in [-0.2, 0) is 17.1 Å². The standard InChI is InChI=1S/C12H14FN3O2S2/c1-16-9-12(8-14-16)20(17,18)15-6-7-19-11-4-2-10(13)3-5-11/h2-5,8-9,15H,6-7H2,1H3. The van der Waals surface area contributed by atoms with Gasteiger partial charge in [0.05, 0.1) is 6.20 Å². The summed E-state index contributed by atoms with van der Waals surface area (Å²) in [7, 11) is -1.85. The smallest absolute Gasteiger partial charge is 0.243 e. The second-order valence-corrected chi connectivity index (χ2v) is 6.99. The molecule has 2 aromatic rings. The molecule has 1 aromatic carbocycles. The lowest BCUT2D eigenvalue weighted by Crippen LogP contribution is -2.25. The lowest BCUT2D eigenvalue weighted by molar-refractivity contribution is 0.584. The van der Waals surface area contributed by atoms with Crippen molar-refractivity contribution >= 4 is 21.8 Å². The molecule has 0 spiro atoms. The molecule has 5 nitrogen and oxygen atoms in total. The van der Waals surface area contributed by atoms with Crippen molar-refractivity contribution in [1.82, 2.24) is 14.5 Å². The van der Waals surface area contributed by atoms with Gasteiger partial charge in [0.15, 0.2) is 0 Å². The number of hydrogen-bond acceptors (Lipinski definition) is 4. The zero-order valence-electron chi connectivity index (χ0n) is 10.8. The van der Waals surface area contributed by atoms with Crippen LogP contribution in [0.1, 0.15) is 0 Å². The zero-order valence-corrected chi connectivity index (χ0v) is 12.4. The van der Waals surface area contributed by atoms with E-state index in [-0.39, 0.29) is 10.7 Å². The van der Waals surface area contributed by atoms with E-state index in [1.165, 1.54) is 41.0 Å². The Morgan fingerprint density at radius 3 is 2.65 bits per heavy atom. The highest BCUT2D eigenvalue weighted by molar-refractivity contribution is 7.99. The van der Waals surface area contributed by atoms with Crippen LogP contribution in [0.25, 0.3) is 0 Å². The van der Waals surface area contributed by atoms with Crippen molar-refractivity contribution in [2.45, 2.75) is 9.79 Å². The van der Waals surface area contributed by atoms with Crippen LogP contribution in [0.5, 0.6) is 0 Å². The average Bonchev–Trinajstić information content (AvgIpc) is 2.84. The predicted octanol–water partition coefficient (Wildman–Crippen LogP) is 1.63. The molecule has 0 radical (unpaired) electrons. The monoisotopic (exact) mass is 315 g/mol. The Bertz CT molecular complexity index is 668. The van der Waals surface area contributed by atoms with Gasteiger partial charge in [0.1, 0.15) is 10.7 Å². The molecule has 8 heteroatoms. The van der Waals surface area contributed by atoms with E-state index in [9.17, 15) is 12.8 Å². The normalized spacial score (nSPS) is 11.7. The Balaban J connectivity index is 1.82. The first kappa shape index (κ1) is 15.0. The van der Waals surface area contributed by atoms with Crippen LogP contribution in [0.3, 0.4) is 0 Å². The van der Waals surface area contributed by atoms with Crippen molar-refractivity contribution in [2.24, 2.45) is 7.05 Å². The van der Waals surface area contributed by atoms with Gasteiger partial charge in [0.2, 0.25) is 10.0 Å². The van der Waals surface area contributed by atoms with Gasteiger partial charge in [0, 0.05) is 30.4 Å². The van der Waals surface area contributed by atoms with E-state index in [1.54, 1.807) is 19.2 Å². The first-order chi connectivity index (χ1) is 9.47. The molecule has 108 valence electrons. The number of halogens is 1. The van der Waals surface area contributed by atoms with Gasteiger partial charge in [-0.05, 0) is 24.3 Å². The molecule has 1 aromatic heterocycles. The molecule has 2 rings (SSSR count). The molecule has 0 fully saturated rings. The number of nitrogens with zero attached hydrogens (tertiary/aromatic N) is 2. The van der Waals surface area contributed by atoms with Crippen LogP contribution in [0.4, 0.5) is 4.39 Å². The maximum Gasteiger partial charge on any atom is 0.243 e. The van der Waals surface area contributed by atoms with Gasteiger partial charge >= 0.3 is 0 Å². The Morgan fingerprint density at radius 2 is 2.05 bits per heavy atom. The van der Waals surface area contributed by atoms with Crippen LogP contribution in [-0.4, -0.2) is 30.5 Å². The first-order valence-electron chi connectivity index (χ1n) is 5.84. The van der Waals surface area contributed by atoms with Crippen molar-refractivity contribution in [3.05, 3.63) is 42.5 Å². The summed E-state index contributed by atoms with van der Waals surface area (Å²) in [5.74, 6) is 0.275. The quantitative estimate of drug-likeness (QED) is 0.650. The molecule has 1 N–H and O–H groups in total. The zero-order chi connectivity index (χ0) is 14.6. The first-order valence-corrected chi connectivity index (χ1v) is 8.31. The summed E-state index contributed by atoms with van der Waals surface area (Å²) in [6.07, 6.45) is 2.74. The predicted molar refractivity (Wildman–Crippen MR) is 75.5 cm³/mol. The summed E-state index contributed by atoms with van der Waals surface area (Å²) in [5, 5.41) is 3.82. The molecular weight excluding hydrogens is 301 g/mol. The van der Waals surface area contributed by atoms with Crippen LogP contribution in [0, 0.1) is 5.82 Å². The molecule has 0 atom stereocenters. The van der Waals surface area contributed by atoms with Crippen molar-refractivity contribution < 1.29 is 12.8 Å². The lowest BCUT2D eigenvalue weighted by atomic mass is 10.4. The maximum absolute atomic E-state index is 12.7. The van der Waals surface area contributed by atoms with Crippen LogP contribution in [0.2, 0.25) is 0 Å². The van der Waals surface area contributed by atoms with E-state index in [0.717, 1.165) is 4.90 Å². The summed E-state index contributed by atoms with van der Waals surface area (Å²) in [4.78, 5) is 1.04. The molecule has 0 saturated heterocycles.